The second-order valence-corrected chi connectivity index (χ2v) is 7.27. The van der Waals surface area contributed by atoms with Crippen LogP contribution in [-0.2, 0) is 4.79 Å². The summed E-state index contributed by atoms with van der Waals surface area (Å²) in [5.41, 5.74) is 2.13. The average molecular weight is 329 g/mol. The molecule has 1 aromatic carbocycles. The number of hydrogen-bond acceptors (Lipinski definition) is 5. The normalized spacial score (nSPS) is 21.4. The summed E-state index contributed by atoms with van der Waals surface area (Å²) in [7, 11) is 0. The number of nitrogens with zero attached hydrogens (tertiary/aromatic N) is 3. The number of rotatable bonds is 3. The predicted octanol–water partition coefficient (Wildman–Crippen LogP) is 3.42. The molecule has 0 bridgehead atoms. The number of benzene rings is 1. The largest absolute Gasteiger partial charge is 0.337 e. The maximum Gasteiger partial charge on any atom is 0.250 e. The van der Waals surface area contributed by atoms with Crippen LogP contribution in [0.5, 0.6) is 0 Å². The summed E-state index contributed by atoms with van der Waals surface area (Å²) in [5, 5.41) is 4.10. The van der Waals surface area contributed by atoms with Crippen molar-refractivity contribution in [1.82, 2.24) is 15.0 Å². The summed E-state index contributed by atoms with van der Waals surface area (Å²) in [6.07, 6.45) is 3.20. The van der Waals surface area contributed by atoms with Gasteiger partial charge in [0.05, 0.1) is 5.88 Å². The van der Waals surface area contributed by atoms with Crippen LogP contribution in [0.25, 0.3) is 11.4 Å². The molecule has 1 aliphatic carbocycles. The van der Waals surface area contributed by atoms with Crippen molar-refractivity contribution in [3.63, 3.8) is 0 Å². The van der Waals surface area contributed by atoms with Gasteiger partial charge in [0.25, 0.3) is 5.89 Å². The van der Waals surface area contributed by atoms with Gasteiger partial charge in [-0.05, 0) is 19.8 Å². The molecule has 0 N–H and O–H groups in total. The first-order valence-electron chi connectivity index (χ1n) is 8.01. The van der Waals surface area contributed by atoms with Crippen molar-refractivity contribution >= 4 is 17.7 Å². The first-order valence-corrected chi connectivity index (χ1v) is 9.17. The van der Waals surface area contributed by atoms with Crippen molar-refractivity contribution in [2.45, 2.75) is 32.2 Å². The third kappa shape index (κ3) is 2.76. The van der Waals surface area contributed by atoms with Crippen molar-refractivity contribution in [3.8, 4) is 11.4 Å². The Morgan fingerprint density at radius 3 is 2.78 bits per heavy atom. The number of thioether (sulfide) groups is 1. The van der Waals surface area contributed by atoms with E-state index in [0.717, 1.165) is 30.0 Å². The molecule has 1 aliphatic heterocycles. The van der Waals surface area contributed by atoms with Crippen LogP contribution < -0.4 is 0 Å². The molecule has 6 heteroatoms. The molecule has 1 amide bonds. The summed E-state index contributed by atoms with van der Waals surface area (Å²) in [4.78, 5) is 19.0. The highest BCUT2D eigenvalue weighted by atomic mass is 32.2. The topological polar surface area (TPSA) is 59.2 Å². The Morgan fingerprint density at radius 1 is 1.30 bits per heavy atom. The van der Waals surface area contributed by atoms with Gasteiger partial charge in [-0.1, -0.05) is 41.4 Å². The van der Waals surface area contributed by atoms with Gasteiger partial charge in [-0.2, -0.15) is 4.98 Å². The SMILES string of the molecule is Cc1ccc(-c2noc(C3CSCN3C(=O)C3CCC3)n2)cc1. The summed E-state index contributed by atoms with van der Waals surface area (Å²) in [6.45, 7) is 2.05. The van der Waals surface area contributed by atoms with Crippen LogP contribution >= 0.6 is 11.8 Å². The summed E-state index contributed by atoms with van der Waals surface area (Å²) >= 11 is 1.75. The molecule has 0 spiro atoms. The molecule has 1 aromatic heterocycles. The Labute approximate surface area is 139 Å². The van der Waals surface area contributed by atoms with Crippen molar-refractivity contribution in [2.24, 2.45) is 5.92 Å². The van der Waals surface area contributed by atoms with E-state index in [9.17, 15) is 4.79 Å². The second kappa shape index (κ2) is 6.00. The highest BCUT2D eigenvalue weighted by molar-refractivity contribution is 7.99. The molecule has 1 unspecified atom stereocenters. The molecule has 4 rings (SSSR count). The number of carbonyl (C=O) groups is 1. The van der Waals surface area contributed by atoms with E-state index >= 15 is 0 Å². The number of aryl methyl sites for hydroxylation is 1. The van der Waals surface area contributed by atoms with Gasteiger partial charge in [-0.15, -0.1) is 11.8 Å². The van der Waals surface area contributed by atoms with Crippen LogP contribution in [-0.4, -0.2) is 32.6 Å². The minimum Gasteiger partial charge on any atom is -0.337 e. The second-order valence-electron chi connectivity index (χ2n) is 6.27. The van der Waals surface area contributed by atoms with E-state index in [1.165, 1.54) is 12.0 Å². The molecule has 1 atom stereocenters. The number of aromatic nitrogens is 2. The summed E-state index contributed by atoms with van der Waals surface area (Å²) in [5.74, 6) is 3.15. The summed E-state index contributed by atoms with van der Waals surface area (Å²) < 4.78 is 5.48. The Bertz CT molecular complexity index is 709. The van der Waals surface area contributed by atoms with Crippen LogP contribution in [0.1, 0.15) is 36.8 Å². The van der Waals surface area contributed by atoms with Crippen LogP contribution in [0.15, 0.2) is 28.8 Å². The molecule has 23 heavy (non-hydrogen) atoms. The van der Waals surface area contributed by atoms with E-state index in [0.29, 0.717) is 11.7 Å². The quantitative estimate of drug-likeness (QED) is 0.863. The highest BCUT2D eigenvalue weighted by Gasteiger charge is 2.39. The Morgan fingerprint density at radius 2 is 2.09 bits per heavy atom. The maximum absolute atomic E-state index is 12.5. The average Bonchev–Trinajstić information content (AvgIpc) is 3.15. The van der Waals surface area contributed by atoms with E-state index < -0.39 is 0 Å². The van der Waals surface area contributed by atoms with Crippen molar-refractivity contribution in [1.29, 1.82) is 0 Å². The van der Waals surface area contributed by atoms with Gasteiger partial charge in [-0.25, -0.2) is 0 Å². The van der Waals surface area contributed by atoms with Crippen LogP contribution in [0.2, 0.25) is 0 Å². The van der Waals surface area contributed by atoms with Crippen LogP contribution in [0.4, 0.5) is 0 Å². The Hall–Kier alpha value is -1.82. The van der Waals surface area contributed by atoms with E-state index in [1.54, 1.807) is 11.8 Å². The lowest BCUT2D eigenvalue weighted by Gasteiger charge is -2.30. The Balaban J connectivity index is 1.55. The van der Waals surface area contributed by atoms with Gasteiger partial charge in [0.15, 0.2) is 0 Å². The zero-order chi connectivity index (χ0) is 15.8. The fourth-order valence-electron chi connectivity index (χ4n) is 2.94. The zero-order valence-electron chi connectivity index (χ0n) is 13.1. The van der Waals surface area contributed by atoms with E-state index in [-0.39, 0.29) is 17.9 Å². The van der Waals surface area contributed by atoms with Gasteiger partial charge < -0.3 is 9.42 Å². The lowest BCUT2D eigenvalue weighted by molar-refractivity contribution is -0.139. The fraction of sp³-hybridized carbons (Fsp3) is 0.471. The molecular formula is C17H19N3O2S. The molecular weight excluding hydrogens is 310 g/mol. The lowest BCUT2D eigenvalue weighted by Crippen LogP contribution is -2.38. The molecule has 0 radical (unpaired) electrons. The fourth-order valence-corrected chi connectivity index (χ4v) is 4.10. The molecule has 1 saturated heterocycles. The number of hydrogen-bond donors (Lipinski definition) is 0. The van der Waals surface area contributed by atoms with E-state index in [4.69, 9.17) is 4.52 Å². The standard InChI is InChI=1S/C17H19N3O2S/c1-11-5-7-12(8-6-11)15-18-16(22-19-15)14-9-23-10-20(14)17(21)13-3-2-4-13/h5-8,13-14H,2-4,9-10H2,1H3. The smallest absolute Gasteiger partial charge is 0.250 e. The third-order valence-electron chi connectivity index (χ3n) is 4.66. The lowest BCUT2D eigenvalue weighted by atomic mass is 9.84. The molecule has 2 heterocycles. The van der Waals surface area contributed by atoms with Gasteiger partial charge in [0, 0.05) is 17.2 Å². The maximum atomic E-state index is 12.5. The number of carbonyl (C=O) groups excluding carboxylic acids is 1. The van der Waals surface area contributed by atoms with Gasteiger partial charge >= 0.3 is 0 Å². The highest BCUT2D eigenvalue weighted by Crippen LogP contribution is 2.37. The van der Waals surface area contributed by atoms with Crippen molar-refractivity contribution < 1.29 is 9.32 Å². The number of amides is 1. The molecule has 2 fully saturated rings. The molecule has 2 aliphatic rings. The van der Waals surface area contributed by atoms with Crippen molar-refractivity contribution in [3.05, 3.63) is 35.7 Å². The molecule has 5 nitrogen and oxygen atoms in total. The van der Waals surface area contributed by atoms with E-state index in [1.807, 2.05) is 36.1 Å². The monoisotopic (exact) mass is 329 g/mol. The molecule has 2 aromatic rings. The molecule has 1 saturated carbocycles. The van der Waals surface area contributed by atoms with Crippen molar-refractivity contribution in [2.75, 3.05) is 11.6 Å². The van der Waals surface area contributed by atoms with Gasteiger partial charge in [0.1, 0.15) is 6.04 Å². The minimum absolute atomic E-state index is 0.0835. The molecule has 120 valence electrons. The van der Waals surface area contributed by atoms with E-state index in [2.05, 4.69) is 10.1 Å². The van der Waals surface area contributed by atoms with Crippen LogP contribution in [0.3, 0.4) is 0 Å². The Kier molecular flexibility index (Phi) is 3.85. The first kappa shape index (κ1) is 14.8. The predicted molar refractivity (Wildman–Crippen MR) is 88.7 cm³/mol. The third-order valence-corrected chi connectivity index (χ3v) is 5.67. The summed E-state index contributed by atoms with van der Waals surface area (Å²) in [6, 6.07) is 7.96. The first-order chi connectivity index (χ1) is 11.2. The minimum atomic E-state index is -0.0835. The van der Waals surface area contributed by atoms with Gasteiger partial charge in [-0.3, -0.25) is 4.79 Å². The zero-order valence-corrected chi connectivity index (χ0v) is 13.9. The van der Waals surface area contributed by atoms with Gasteiger partial charge in [0.2, 0.25) is 11.7 Å². The van der Waals surface area contributed by atoms with Crippen LogP contribution in [0, 0.1) is 12.8 Å².